The molecule has 1 aliphatic rings. The Morgan fingerprint density at radius 3 is 2.69 bits per heavy atom. The number of aliphatic imine (C=N–C) groups is 1. The molecule has 1 saturated carbocycles. The number of amides is 1. The first-order chi connectivity index (χ1) is 15.4. The van der Waals surface area contributed by atoms with Crippen molar-refractivity contribution in [1.82, 2.24) is 14.7 Å². The van der Waals surface area contributed by atoms with Crippen LogP contribution in [0.1, 0.15) is 62.9 Å². The van der Waals surface area contributed by atoms with Crippen molar-refractivity contribution >= 4 is 18.0 Å². The molecular formula is C26H32N4O2. The monoisotopic (exact) mass is 432 g/mol. The van der Waals surface area contributed by atoms with Crippen LogP contribution in [0.5, 0.6) is 0 Å². The van der Waals surface area contributed by atoms with Gasteiger partial charge in [0.15, 0.2) is 0 Å². The highest BCUT2D eigenvalue weighted by molar-refractivity contribution is 5.88. The Morgan fingerprint density at radius 1 is 1.22 bits per heavy atom. The van der Waals surface area contributed by atoms with Gasteiger partial charge in [-0.15, -0.1) is 0 Å². The Labute approximate surface area is 189 Å². The molecule has 4 rings (SSSR count). The van der Waals surface area contributed by atoms with Crippen LogP contribution in [0.2, 0.25) is 0 Å². The molecule has 0 bridgehead atoms. The minimum Gasteiger partial charge on any atom is -0.442 e. The van der Waals surface area contributed by atoms with Gasteiger partial charge in [-0.2, -0.15) is 4.99 Å². The number of ether oxygens (including phenoxy) is 1. The molecule has 1 fully saturated rings. The summed E-state index contributed by atoms with van der Waals surface area (Å²) in [5.74, 6) is 0.793. The Hall–Kier alpha value is -2.99. The fourth-order valence-electron chi connectivity index (χ4n) is 3.87. The first kappa shape index (κ1) is 22.2. The van der Waals surface area contributed by atoms with Gasteiger partial charge in [0.25, 0.3) is 0 Å². The van der Waals surface area contributed by atoms with Gasteiger partial charge < -0.3 is 14.5 Å². The summed E-state index contributed by atoms with van der Waals surface area (Å²) in [6.07, 6.45) is 9.78. The van der Waals surface area contributed by atoms with Crippen molar-refractivity contribution in [2.45, 2.75) is 58.1 Å². The Morgan fingerprint density at radius 2 is 2.00 bits per heavy atom. The van der Waals surface area contributed by atoms with E-state index in [0.29, 0.717) is 5.69 Å². The van der Waals surface area contributed by atoms with Crippen molar-refractivity contribution in [2.75, 3.05) is 6.54 Å². The number of hydrogen-bond donors (Lipinski definition) is 1. The second kappa shape index (κ2) is 9.65. The second-order valence-electron chi connectivity index (χ2n) is 9.58. The van der Waals surface area contributed by atoms with Gasteiger partial charge in [-0.05, 0) is 69.7 Å². The molecular weight excluding hydrogens is 400 g/mol. The normalized spacial score (nSPS) is 15.7. The third-order valence-corrected chi connectivity index (χ3v) is 5.75. The summed E-state index contributed by atoms with van der Waals surface area (Å²) < 4.78 is 7.22. The lowest BCUT2D eigenvalue weighted by Crippen LogP contribution is -2.31. The molecule has 6 heteroatoms. The van der Waals surface area contributed by atoms with Crippen LogP contribution >= 0.6 is 0 Å². The number of benzene rings is 1. The Bertz CT molecular complexity index is 1080. The molecule has 2 aromatic heterocycles. The minimum atomic E-state index is -0.613. The minimum absolute atomic E-state index is 0.226. The van der Waals surface area contributed by atoms with Crippen LogP contribution < -0.4 is 5.32 Å². The fraction of sp³-hybridized carbons (Fsp3) is 0.423. The smallest absolute Gasteiger partial charge is 0.434 e. The molecule has 0 aliphatic heterocycles. The summed E-state index contributed by atoms with van der Waals surface area (Å²) in [7, 11) is 0. The summed E-state index contributed by atoms with van der Waals surface area (Å²) in [5.41, 5.74) is 3.40. The molecule has 0 radical (unpaired) electrons. The van der Waals surface area contributed by atoms with Gasteiger partial charge in [-0.25, -0.2) is 9.78 Å². The number of pyridine rings is 1. The van der Waals surface area contributed by atoms with Crippen molar-refractivity contribution in [1.29, 1.82) is 0 Å². The lowest BCUT2D eigenvalue weighted by atomic mass is 9.85. The number of fused-ring (bicyclic) bond motifs is 1. The van der Waals surface area contributed by atoms with E-state index in [1.807, 2.05) is 37.4 Å². The number of carbonyl (C=O) groups is 1. The molecule has 1 unspecified atom stereocenters. The lowest BCUT2D eigenvalue weighted by molar-refractivity contribution is 0.0605. The molecule has 3 aromatic rings. The molecule has 1 N–H and O–H groups in total. The maximum atomic E-state index is 11.9. The van der Waals surface area contributed by atoms with E-state index in [1.165, 1.54) is 36.6 Å². The number of aromatic nitrogens is 2. The average Bonchev–Trinajstić information content (AvgIpc) is 3.12. The van der Waals surface area contributed by atoms with Gasteiger partial charge in [-0.1, -0.05) is 42.8 Å². The van der Waals surface area contributed by atoms with Gasteiger partial charge in [0.2, 0.25) is 0 Å². The molecule has 32 heavy (non-hydrogen) atoms. The maximum Gasteiger partial charge on any atom is 0.434 e. The number of hydrogen-bond acceptors (Lipinski definition) is 4. The van der Waals surface area contributed by atoms with Crippen molar-refractivity contribution in [3.63, 3.8) is 0 Å². The van der Waals surface area contributed by atoms with Gasteiger partial charge in [-0.3, -0.25) is 0 Å². The quantitative estimate of drug-likeness (QED) is 0.510. The number of imidazole rings is 1. The third-order valence-electron chi connectivity index (χ3n) is 5.75. The maximum absolute atomic E-state index is 11.9. The van der Waals surface area contributed by atoms with Crippen molar-refractivity contribution in [2.24, 2.45) is 10.9 Å². The number of carbonyl (C=O) groups excluding carboxylic acids is 1. The number of rotatable bonds is 7. The fourth-order valence-corrected chi connectivity index (χ4v) is 3.87. The molecule has 1 atom stereocenters. The van der Waals surface area contributed by atoms with Crippen LogP contribution in [0.3, 0.4) is 0 Å². The SMILES string of the molecule is CC(C)(C)OC(=O)/N=C/c1cn2cc(C(Cc3ccccc3)NCC3CCC3)ccc2n1. The van der Waals surface area contributed by atoms with Crippen molar-refractivity contribution in [3.05, 3.63) is 71.7 Å². The van der Waals surface area contributed by atoms with Gasteiger partial charge in [0, 0.05) is 18.4 Å². The molecule has 1 aliphatic carbocycles. The van der Waals surface area contributed by atoms with Crippen LogP contribution in [0, 0.1) is 5.92 Å². The standard InChI is InChI=1S/C26H32N4O2/c1-26(2,3)32-25(31)28-16-22-18-30-17-21(12-13-24(30)29-22)23(27-15-20-10-7-11-20)14-19-8-5-4-6-9-19/h4-6,8-9,12-13,16-18,20,23,27H,7,10-11,14-15H2,1-3H3/b28-16+. The predicted molar refractivity (Wildman–Crippen MR) is 127 cm³/mol. The van der Waals surface area contributed by atoms with E-state index < -0.39 is 11.7 Å². The van der Waals surface area contributed by atoms with Crippen LogP contribution in [0.4, 0.5) is 4.79 Å². The molecule has 1 aromatic carbocycles. The van der Waals surface area contributed by atoms with Crippen LogP contribution in [0.25, 0.3) is 5.65 Å². The zero-order chi connectivity index (χ0) is 22.6. The zero-order valence-electron chi connectivity index (χ0n) is 19.1. The number of nitrogens with one attached hydrogen (secondary N) is 1. The highest BCUT2D eigenvalue weighted by atomic mass is 16.6. The summed E-state index contributed by atoms with van der Waals surface area (Å²) in [5, 5.41) is 3.80. The molecule has 0 spiro atoms. The predicted octanol–water partition coefficient (Wildman–Crippen LogP) is 5.36. The molecule has 6 nitrogen and oxygen atoms in total. The molecule has 1 amide bonds. The van der Waals surface area contributed by atoms with Crippen LogP contribution in [-0.2, 0) is 11.2 Å². The van der Waals surface area contributed by atoms with Gasteiger partial charge in [0.1, 0.15) is 16.9 Å². The summed E-state index contributed by atoms with van der Waals surface area (Å²) >= 11 is 0. The van der Waals surface area contributed by atoms with E-state index in [9.17, 15) is 4.79 Å². The highest BCUT2D eigenvalue weighted by Gasteiger charge is 2.20. The molecule has 168 valence electrons. The van der Waals surface area contributed by atoms with Crippen LogP contribution in [-0.4, -0.2) is 33.8 Å². The average molecular weight is 433 g/mol. The summed E-state index contributed by atoms with van der Waals surface area (Å²) in [4.78, 5) is 20.3. The van der Waals surface area contributed by atoms with E-state index in [4.69, 9.17) is 4.74 Å². The number of nitrogens with zero attached hydrogens (tertiary/aromatic N) is 3. The summed E-state index contributed by atoms with van der Waals surface area (Å²) in [6, 6.07) is 15.0. The van der Waals surface area contributed by atoms with Crippen molar-refractivity contribution < 1.29 is 9.53 Å². The molecule has 0 saturated heterocycles. The largest absolute Gasteiger partial charge is 0.442 e. The third kappa shape index (κ3) is 6.04. The Balaban J connectivity index is 1.51. The van der Waals surface area contributed by atoms with E-state index in [0.717, 1.165) is 24.5 Å². The zero-order valence-corrected chi connectivity index (χ0v) is 19.1. The highest BCUT2D eigenvalue weighted by Crippen LogP contribution is 2.27. The van der Waals surface area contributed by atoms with Crippen molar-refractivity contribution in [3.8, 4) is 0 Å². The topological polar surface area (TPSA) is 68.0 Å². The first-order valence-electron chi connectivity index (χ1n) is 11.4. The second-order valence-corrected chi connectivity index (χ2v) is 9.58. The molecule has 2 heterocycles. The van der Waals surface area contributed by atoms with Crippen LogP contribution in [0.15, 0.2) is 59.9 Å². The van der Waals surface area contributed by atoms with E-state index in [2.05, 4.69) is 57.9 Å². The van der Waals surface area contributed by atoms with Gasteiger partial charge in [0.05, 0.1) is 6.21 Å². The van der Waals surface area contributed by atoms with E-state index >= 15 is 0 Å². The lowest BCUT2D eigenvalue weighted by Gasteiger charge is -2.29. The van der Waals surface area contributed by atoms with E-state index in [-0.39, 0.29) is 6.04 Å². The Kier molecular flexibility index (Phi) is 6.70. The first-order valence-corrected chi connectivity index (χ1v) is 11.4. The van der Waals surface area contributed by atoms with E-state index in [1.54, 1.807) is 0 Å². The summed E-state index contributed by atoms with van der Waals surface area (Å²) in [6.45, 7) is 6.50. The van der Waals surface area contributed by atoms with Gasteiger partial charge >= 0.3 is 6.09 Å².